The first kappa shape index (κ1) is 12.4. The number of rotatable bonds is 4. The van der Waals surface area contributed by atoms with Crippen molar-refractivity contribution >= 4 is 5.69 Å². The van der Waals surface area contributed by atoms with E-state index < -0.39 is 0 Å². The lowest BCUT2D eigenvalue weighted by atomic mass is 10.2. The summed E-state index contributed by atoms with van der Waals surface area (Å²) in [5, 5.41) is 3.47. The van der Waals surface area contributed by atoms with E-state index in [0.717, 1.165) is 6.54 Å². The smallest absolute Gasteiger partial charge is 0.0445 e. The summed E-state index contributed by atoms with van der Waals surface area (Å²) in [5.74, 6) is 0. The van der Waals surface area contributed by atoms with Gasteiger partial charge in [0.1, 0.15) is 0 Å². The number of nitrogens with zero attached hydrogens (tertiary/aromatic N) is 2. The molecule has 0 bridgehead atoms. The van der Waals surface area contributed by atoms with Crippen molar-refractivity contribution in [2.45, 2.75) is 52.2 Å². The zero-order chi connectivity index (χ0) is 12.3. The van der Waals surface area contributed by atoms with Crippen molar-refractivity contribution in [2.75, 3.05) is 11.4 Å². The summed E-state index contributed by atoms with van der Waals surface area (Å²) in [4.78, 5) is 6.77. The number of hydrogen-bond acceptors (Lipinski definition) is 3. The molecule has 0 amide bonds. The Morgan fingerprint density at radius 2 is 2.35 bits per heavy atom. The van der Waals surface area contributed by atoms with Crippen molar-refractivity contribution in [2.24, 2.45) is 0 Å². The van der Waals surface area contributed by atoms with Gasteiger partial charge >= 0.3 is 0 Å². The van der Waals surface area contributed by atoms with E-state index in [2.05, 4.69) is 42.0 Å². The van der Waals surface area contributed by atoms with Gasteiger partial charge in [0.25, 0.3) is 0 Å². The third-order valence-corrected chi connectivity index (χ3v) is 3.44. The Morgan fingerprint density at radius 3 is 3.00 bits per heavy atom. The Kier molecular flexibility index (Phi) is 4.00. The minimum atomic E-state index is 0.513. The van der Waals surface area contributed by atoms with Crippen LogP contribution in [0.15, 0.2) is 18.5 Å². The normalized spacial score (nSPS) is 20.2. The average Bonchev–Trinajstić information content (AvgIpc) is 2.73. The van der Waals surface area contributed by atoms with Gasteiger partial charge in [-0.3, -0.25) is 4.98 Å². The summed E-state index contributed by atoms with van der Waals surface area (Å²) in [7, 11) is 0. The highest BCUT2D eigenvalue weighted by molar-refractivity contribution is 5.53. The van der Waals surface area contributed by atoms with Crippen LogP contribution in [0.3, 0.4) is 0 Å². The van der Waals surface area contributed by atoms with Crippen LogP contribution in [0.4, 0.5) is 5.69 Å². The van der Waals surface area contributed by atoms with Gasteiger partial charge < -0.3 is 10.2 Å². The highest BCUT2D eigenvalue weighted by Crippen LogP contribution is 2.27. The molecule has 0 aromatic carbocycles. The molecule has 1 aliphatic heterocycles. The van der Waals surface area contributed by atoms with Crippen LogP contribution in [0, 0.1) is 0 Å². The van der Waals surface area contributed by atoms with Crippen LogP contribution in [0.1, 0.15) is 39.2 Å². The minimum Gasteiger partial charge on any atom is -0.368 e. The SMILES string of the molecule is CC(C)NCc1cnccc1N1CCCC1C. The summed E-state index contributed by atoms with van der Waals surface area (Å²) in [6.45, 7) is 8.75. The molecule has 1 atom stereocenters. The van der Waals surface area contributed by atoms with E-state index >= 15 is 0 Å². The summed E-state index contributed by atoms with van der Waals surface area (Å²) in [5.41, 5.74) is 2.67. The lowest BCUT2D eigenvalue weighted by molar-refractivity contribution is 0.586. The van der Waals surface area contributed by atoms with E-state index in [-0.39, 0.29) is 0 Å². The van der Waals surface area contributed by atoms with Gasteiger partial charge in [0.05, 0.1) is 0 Å². The van der Waals surface area contributed by atoms with Crippen molar-refractivity contribution in [1.82, 2.24) is 10.3 Å². The van der Waals surface area contributed by atoms with Gasteiger partial charge in [-0.1, -0.05) is 13.8 Å². The molecule has 1 aromatic rings. The number of aromatic nitrogens is 1. The topological polar surface area (TPSA) is 28.2 Å². The van der Waals surface area contributed by atoms with Crippen LogP contribution in [-0.4, -0.2) is 23.6 Å². The summed E-state index contributed by atoms with van der Waals surface area (Å²) in [6, 6.07) is 3.33. The first-order valence-electron chi connectivity index (χ1n) is 6.61. The molecule has 2 rings (SSSR count). The van der Waals surface area contributed by atoms with Gasteiger partial charge in [-0.2, -0.15) is 0 Å². The summed E-state index contributed by atoms with van der Waals surface area (Å²) in [6.07, 6.45) is 6.51. The van der Waals surface area contributed by atoms with Crippen LogP contribution in [-0.2, 0) is 6.54 Å². The second kappa shape index (κ2) is 5.50. The van der Waals surface area contributed by atoms with Crippen LogP contribution in [0.25, 0.3) is 0 Å². The molecule has 17 heavy (non-hydrogen) atoms. The van der Waals surface area contributed by atoms with Crippen LogP contribution in [0.5, 0.6) is 0 Å². The van der Waals surface area contributed by atoms with Crippen LogP contribution in [0.2, 0.25) is 0 Å². The van der Waals surface area contributed by atoms with E-state index in [4.69, 9.17) is 0 Å². The fourth-order valence-corrected chi connectivity index (χ4v) is 2.44. The lowest BCUT2D eigenvalue weighted by Gasteiger charge is -2.26. The summed E-state index contributed by atoms with van der Waals surface area (Å²) >= 11 is 0. The predicted molar refractivity (Wildman–Crippen MR) is 72.3 cm³/mol. The quantitative estimate of drug-likeness (QED) is 0.866. The Morgan fingerprint density at radius 1 is 1.53 bits per heavy atom. The maximum absolute atomic E-state index is 4.25. The van der Waals surface area contributed by atoms with E-state index in [1.54, 1.807) is 0 Å². The second-order valence-corrected chi connectivity index (χ2v) is 5.22. The number of hydrogen-bond donors (Lipinski definition) is 1. The molecule has 0 spiro atoms. The molecule has 1 fully saturated rings. The van der Waals surface area contributed by atoms with Gasteiger partial charge in [-0.05, 0) is 25.8 Å². The maximum Gasteiger partial charge on any atom is 0.0445 e. The molecule has 0 radical (unpaired) electrons. The molecule has 94 valence electrons. The molecule has 1 unspecified atom stereocenters. The van der Waals surface area contributed by atoms with Crippen molar-refractivity contribution in [3.05, 3.63) is 24.0 Å². The van der Waals surface area contributed by atoms with Gasteiger partial charge in [0, 0.05) is 48.8 Å². The highest BCUT2D eigenvalue weighted by Gasteiger charge is 2.22. The zero-order valence-electron chi connectivity index (χ0n) is 11.1. The van der Waals surface area contributed by atoms with Crippen molar-refractivity contribution < 1.29 is 0 Å². The summed E-state index contributed by atoms with van der Waals surface area (Å²) < 4.78 is 0. The highest BCUT2D eigenvalue weighted by atomic mass is 15.2. The third kappa shape index (κ3) is 2.97. The Hall–Kier alpha value is -1.09. The van der Waals surface area contributed by atoms with Gasteiger partial charge in [0.15, 0.2) is 0 Å². The van der Waals surface area contributed by atoms with E-state index in [0.29, 0.717) is 12.1 Å². The number of pyridine rings is 1. The van der Waals surface area contributed by atoms with Crippen molar-refractivity contribution in [3.8, 4) is 0 Å². The van der Waals surface area contributed by atoms with Gasteiger partial charge in [-0.15, -0.1) is 0 Å². The Labute approximate surface area is 104 Å². The third-order valence-electron chi connectivity index (χ3n) is 3.44. The predicted octanol–water partition coefficient (Wildman–Crippen LogP) is 2.57. The van der Waals surface area contributed by atoms with Gasteiger partial charge in [0.2, 0.25) is 0 Å². The largest absolute Gasteiger partial charge is 0.368 e. The molecule has 2 heterocycles. The minimum absolute atomic E-state index is 0.513. The Bertz CT molecular complexity index is 362. The molecule has 0 saturated carbocycles. The molecule has 1 aliphatic rings. The monoisotopic (exact) mass is 233 g/mol. The fourth-order valence-electron chi connectivity index (χ4n) is 2.44. The molecule has 3 nitrogen and oxygen atoms in total. The lowest BCUT2D eigenvalue weighted by Crippen LogP contribution is -2.29. The molecule has 3 heteroatoms. The standard InChI is InChI=1S/C14H23N3/c1-11(2)16-10-13-9-15-7-6-14(13)17-8-4-5-12(17)3/h6-7,9,11-12,16H,4-5,8,10H2,1-3H3. The first-order chi connectivity index (χ1) is 8.18. The fraction of sp³-hybridized carbons (Fsp3) is 0.643. The van der Waals surface area contributed by atoms with E-state index in [1.807, 2.05) is 12.4 Å². The van der Waals surface area contributed by atoms with Crippen molar-refractivity contribution in [3.63, 3.8) is 0 Å². The Balaban J connectivity index is 2.15. The molecule has 1 aromatic heterocycles. The second-order valence-electron chi connectivity index (χ2n) is 5.22. The first-order valence-corrected chi connectivity index (χ1v) is 6.61. The number of anilines is 1. The number of nitrogens with one attached hydrogen (secondary N) is 1. The zero-order valence-corrected chi connectivity index (χ0v) is 11.1. The van der Waals surface area contributed by atoms with E-state index in [1.165, 1.54) is 30.6 Å². The van der Waals surface area contributed by atoms with Crippen LogP contribution < -0.4 is 10.2 Å². The molecule has 0 aliphatic carbocycles. The molecular formula is C14H23N3. The van der Waals surface area contributed by atoms with Gasteiger partial charge in [-0.25, -0.2) is 0 Å². The maximum atomic E-state index is 4.25. The van der Waals surface area contributed by atoms with Crippen molar-refractivity contribution in [1.29, 1.82) is 0 Å². The molecular weight excluding hydrogens is 210 g/mol. The van der Waals surface area contributed by atoms with Crippen LogP contribution >= 0.6 is 0 Å². The molecule has 1 N–H and O–H groups in total. The average molecular weight is 233 g/mol. The van der Waals surface area contributed by atoms with E-state index in [9.17, 15) is 0 Å². The molecule has 1 saturated heterocycles.